The summed E-state index contributed by atoms with van der Waals surface area (Å²) >= 11 is 0. The predicted octanol–water partition coefficient (Wildman–Crippen LogP) is 3.58. The van der Waals surface area contributed by atoms with Crippen molar-refractivity contribution in [2.45, 2.75) is 39.8 Å². The second-order valence-electron chi connectivity index (χ2n) is 5.02. The van der Waals surface area contributed by atoms with E-state index < -0.39 is 0 Å². The molecule has 0 unspecified atom stereocenters. The van der Waals surface area contributed by atoms with Gasteiger partial charge in [0, 0.05) is 19.6 Å². The van der Waals surface area contributed by atoms with Crippen LogP contribution in [0.4, 0.5) is 0 Å². The van der Waals surface area contributed by atoms with Gasteiger partial charge in [-0.15, -0.1) is 6.58 Å². The molecule has 0 heterocycles. The highest BCUT2D eigenvalue weighted by molar-refractivity contribution is 5.23. The summed E-state index contributed by atoms with van der Waals surface area (Å²) in [5, 5.41) is 3.45. The van der Waals surface area contributed by atoms with Gasteiger partial charge in [-0.05, 0) is 37.1 Å². The Morgan fingerprint density at radius 2 is 2.00 bits per heavy atom. The van der Waals surface area contributed by atoms with Crippen LogP contribution in [0.1, 0.15) is 37.8 Å². The van der Waals surface area contributed by atoms with Crippen molar-refractivity contribution < 1.29 is 0 Å². The van der Waals surface area contributed by atoms with Crippen LogP contribution in [0, 0.1) is 0 Å². The van der Waals surface area contributed by atoms with Crippen molar-refractivity contribution in [1.29, 1.82) is 0 Å². The molecule has 19 heavy (non-hydrogen) atoms. The summed E-state index contributed by atoms with van der Waals surface area (Å²) in [7, 11) is 0. The van der Waals surface area contributed by atoms with Gasteiger partial charge < -0.3 is 5.32 Å². The van der Waals surface area contributed by atoms with E-state index in [9.17, 15) is 0 Å². The van der Waals surface area contributed by atoms with Crippen molar-refractivity contribution in [3.05, 3.63) is 48.0 Å². The van der Waals surface area contributed by atoms with Gasteiger partial charge in [0.05, 0.1) is 0 Å². The van der Waals surface area contributed by atoms with E-state index in [-0.39, 0.29) is 0 Å². The molecule has 0 radical (unpaired) electrons. The van der Waals surface area contributed by atoms with E-state index in [4.69, 9.17) is 0 Å². The number of benzene rings is 1. The number of hydrogen-bond acceptors (Lipinski definition) is 2. The van der Waals surface area contributed by atoms with E-state index in [1.165, 1.54) is 24.0 Å². The minimum Gasteiger partial charge on any atom is -0.313 e. The Morgan fingerprint density at radius 3 is 2.68 bits per heavy atom. The van der Waals surface area contributed by atoms with Crippen molar-refractivity contribution in [3.8, 4) is 0 Å². The molecule has 2 heteroatoms. The van der Waals surface area contributed by atoms with Crippen molar-refractivity contribution in [1.82, 2.24) is 10.2 Å². The molecular weight excluding hydrogens is 232 g/mol. The van der Waals surface area contributed by atoms with Crippen LogP contribution < -0.4 is 5.32 Å². The van der Waals surface area contributed by atoms with Crippen LogP contribution in [0.5, 0.6) is 0 Å². The number of nitrogens with one attached hydrogen (secondary N) is 1. The zero-order chi connectivity index (χ0) is 13.9. The maximum Gasteiger partial charge on any atom is 0.0237 e. The van der Waals surface area contributed by atoms with Gasteiger partial charge in [0.25, 0.3) is 0 Å². The molecule has 0 saturated heterocycles. The quantitative estimate of drug-likeness (QED) is 0.511. The first-order chi connectivity index (χ1) is 9.30. The zero-order valence-electron chi connectivity index (χ0n) is 12.5. The van der Waals surface area contributed by atoms with E-state index in [1.807, 2.05) is 6.08 Å². The number of rotatable bonds is 10. The highest BCUT2D eigenvalue weighted by Crippen LogP contribution is 2.09. The minimum atomic E-state index is 0.964. The third-order valence-corrected chi connectivity index (χ3v) is 3.08. The van der Waals surface area contributed by atoms with Crippen molar-refractivity contribution >= 4 is 0 Å². The molecule has 0 aliphatic rings. The third kappa shape index (κ3) is 6.55. The van der Waals surface area contributed by atoms with Crippen molar-refractivity contribution in [3.63, 3.8) is 0 Å². The molecule has 0 fully saturated rings. The van der Waals surface area contributed by atoms with Gasteiger partial charge in [0.2, 0.25) is 0 Å². The Bertz CT molecular complexity index is 360. The fourth-order valence-electron chi connectivity index (χ4n) is 2.24. The average molecular weight is 260 g/mol. The van der Waals surface area contributed by atoms with Crippen molar-refractivity contribution in [2.75, 3.05) is 19.6 Å². The van der Waals surface area contributed by atoms with E-state index in [0.29, 0.717) is 0 Å². The summed E-state index contributed by atoms with van der Waals surface area (Å²) in [5.74, 6) is 0. The molecule has 0 atom stereocenters. The molecule has 0 bridgehead atoms. The van der Waals surface area contributed by atoms with Gasteiger partial charge in [0.1, 0.15) is 0 Å². The first-order valence-electron chi connectivity index (χ1n) is 7.41. The summed E-state index contributed by atoms with van der Waals surface area (Å²) in [6.45, 7) is 13.4. The lowest BCUT2D eigenvalue weighted by Crippen LogP contribution is -2.24. The third-order valence-electron chi connectivity index (χ3n) is 3.08. The Balaban J connectivity index is 2.56. The van der Waals surface area contributed by atoms with Crippen LogP contribution in [0.3, 0.4) is 0 Å². The SMILES string of the molecule is C=CCN(CCC)Cc1cccc(CNCCC)c1. The summed E-state index contributed by atoms with van der Waals surface area (Å²) in [6, 6.07) is 8.89. The van der Waals surface area contributed by atoms with Crippen molar-refractivity contribution in [2.24, 2.45) is 0 Å². The van der Waals surface area contributed by atoms with Gasteiger partial charge in [-0.3, -0.25) is 4.90 Å². The molecule has 106 valence electrons. The largest absolute Gasteiger partial charge is 0.313 e. The topological polar surface area (TPSA) is 15.3 Å². The molecule has 0 saturated carbocycles. The van der Waals surface area contributed by atoms with Gasteiger partial charge in [-0.25, -0.2) is 0 Å². The smallest absolute Gasteiger partial charge is 0.0237 e. The highest BCUT2D eigenvalue weighted by Gasteiger charge is 2.03. The number of nitrogens with zero attached hydrogens (tertiary/aromatic N) is 1. The Labute approximate surface area is 118 Å². The second kappa shape index (κ2) is 9.76. The molecule has 1 aromatic carbocycles. The maximum absolute atomic E-state index is 3.84. The van der Waals surface area contributed by atoms with Crippen LogP contribution in [-0.2, 0) is 13.1 Å². The molecule has 0 aromatic heterocycles. The summed E-state index contributed by atoms with van der Waals surface area (Å²) in [4.78, 5) is 2.44. The Kier molecular flexibility index (Phi) is 8.19. The zero-order valence-corrected chi connectivity index (χ0v) is 12.5. The van der Waals surface area contributed by atoms with Crippen LogP contribution in [-0.4, -0.2) is 24.5 Å². The van der Waals surface area contributed by atoms with Crippen LogP contribution >= 0.6 is 0 Å². The molecular formula is C17H28N2. The van der Waals surface area contributed by atoms with Crippen LogP contribution in [0.25, 0.3) is 0 Å². The lowest BCUT2D eigenvalue weighted by Gasteiger charge is -2.20. The molecule has 1 aromatic rings. The molecule has 2 nitrogen and oxygen atoms in total. The van der Waals surface area contributed by atoms with E-state index in [1.54, 1.807) is 0 Å². The van der Waals surface area contributed by atoms with E-state index in [2.05, 4.69) is 54.9 Å². The van der Waals surface area contributed by atoms with Crippen LogP contribution in [0.15, 0.2) is 36.9 Å². The second-order valence-corrected chi connectivity index (χ2v) is 5.02. The van der Waals surface area contributed by atoms with E-state index in [0.717, 1.165) is 32.7 Å². The van der Waals surface area contributed by atoms with Crippen LogP contribution in [0.2, 0.25) is 0 Å². The Hall–Kier alpha value is -1.12. The Morgan fingerprint density at radius 1 is 1.21 bits per heavy atom. The molecule has 0 spiro atoms. The molecule has 0 amide bonds. The normalized spacial score (nSPS) is 10.9. The average Bonchev–Trinajstić information content (AvgIpc) is 2.40. The number of hydrogen-bond donors (Lipinski definition) is 1. The standard InChI is InChI=1S/C17H28N2/c1-4-10-18-14-16-8-7-9-17(13-16)15-19(11-5-2)12-6-3/h5,7-9,13,18H,2,4,6,10-12,14-15H2,1,3H3. The molecule has 0 aliphatic heterocycles. The fourth-order valence-corrected chi connectivity index (χ4v) is 2.24. The lowest BCUT2D eigenvalue weighted by atomic mass is 10.1. The van der Waals surface area contributed by atoms with Gasteiger partial charge in [-0.2, -0.15) is 0 Å². The minimum absolute atomic E-state index is 0.964. The molecule has 1 N–H and O–H groups in total. The fraction of sp³-hybridized carbons (Fsp3) is 0.529. The predicted molar refractivity (Wildman–Crippen MR) is 84.2 cm³/mol. The molecule has 0 aliphatic carbocycles. The lowest BCUT2D eigenvalue weighted by molar-refractivity contribution is 0.295. The maximum atomic E-state index is 3.84. The summed E-state index contributed by atoms with van der Waals surface area (Å²) in [6.07, 6.45) is 4.36. The van der Waals surface area contributed by atoms with Gasteiger partial charge in [-0.1, -0.05) is 44.2 Å². The van der Waals surface area contributed by atoms with E-state index >= 15 is 0 Å². The first-order valence-corrected chi connectivity index (χ1v) is 7.41. The summed E-state index contributed by atoms with van der Waals surface area (Å²) < 4.78 is 0. The molecule has 1 rings (SSSR count). The first kappa shape index (κ1) is 15.9. The van der Waals surface area contributed by atoms with Gasteiger partial charge in [0.15, 0.2) is 0 Å². The summed E-state index contributed by atoms with van der Waals surface area (Å²) in [5.41, 5.74) is 2.77. The van der Waals surface area contributed by atoms with Gasteiger partial charge >= 0.3 is 0 Å². The highest BCUT2D eigenvalue weighted by atomic mass is 15.1. The monoisotopic (exact) mass is 260 g/mol.